The van der Waals surface area contributed by atoms with Crippen molar-refractivity contribution >= 4 is 40.8 Å². The zero-order valence-corrected chi connectivity index (χ0v) is 10.2. The summed E-state index contributed by atoms with van der Waals surface area (Å²) in [6.45, 7) is 0. The number of hydrogen-bond acceptors (Lipinski definition) is 1. The van der Waals surface area contributed by atoms with Crippen molar-refractivity contribution in [3.63, 3.8) is 0 Å². The van der Waals surface area contributed by atoms with E-state index in [1.54, 1.807) is 0 Å². The second kappa shape index (κ2) is 7.61. The summed E-state index contributed by atoms with van der Waals surface area (Å²) < 4.78 is -1.66. The van der Waals surface area contributed by atoms with Gasteiger partial charge in [0.25, 0.3) is 0 Å². The van der Waals surface area contributed by atoms with Crippen LogP contribution in [0.4, 0.5) is 0 Å². The Morgan fingerprint density at radius 2 is 1.29 bits per heavy atom. The van der Waals surface area contributed by atoms with Gasteiger partial charge in [-0.2, -0.15) is 0 Å². The molecule has 2 nitrogen and oxygen atoms in total. The number of rotatable bonds is 1. The van der Waals surface area contributed by atoms with Crippen LogP contribution in [0.25, 0.3) is 0 Å². The standard InChI is InChI=1S/C6H12.C3H3Cl3O2/c1-2-4-6-5-3-1;4-3(5,6)1-2(7)8/h1-6H2;1H2,(H,7,8). The summed E-state index contributed by atoms with van der Waals surface area (Å²) in [6, 6.07) is 0. The molecule has 0 atom stereocenters. The van der Waals surface area contributed by atoms with Gasteiger partial charge in [0.1, 0.15) is 0 Å². The molecule has 0 heterocycles. The van der Waals surface area contributed by atoms with Gasteiger partial charge in [-0.1, -0.05) is 73.3 Å². The van der Waals surface area contributed by atoms with Crippen molar-refractivity contribution in [3.8, 4) is 0 Å². The predicted molar refractivity (Wildman–Crippen MR) is 60.2 cm³/mol. The van der Waals surface area contributed by atoms with Crippen LogP contribution >= 0.6 is 34.8 Å². The highest BCUT2D eigenvalue weighted by atomic mass is 35.6. The van der Waals surface area contributed by atoms with Crippen molar-refractivity contribution in [2.45, 2.75) is 48.7 Å². The van der Waals surface area contributed by atoms with Crippen LogP contribution in [0.15, 0.2) is 0 Å². The van der Waals surface area contributed by atoms with Gasteiger partial charge in [0.15, 0.2) is 0 Å². The van der Waals surface area contributed by atoms with Crippen molar-refractivity contribution in [2.24, 2.45) is 0 Å². The molecule has 1 aliphatic carbocycles. The van der Waals surface area contributed by atoms with Gasteiger partial charge < -0.3 is 5.11 Å². The molecule has 1 saturated carbocycles. The SMILES string of the molecule is C1CCCCC1.O=C(O)CC(Cl)(Cl)Cl. The van der Waals surface area contributed by atoms with E-state index in [1.807, 2.05) is 0 Å². The summed E-state index contributed by atoms with van der Waals surface area (Å²) in [5.74, 6) is -1.12. The van der Waals surface area contributed by atoms with E-state index in [-0.39, 0.29) is 0 Å². The molecule has 1 N–H and O–H groups in total. The molecule has 0 bridgehead atoms. The molecular formula is C9H15Cl3O2. The second-order valence-corrected chi connectivity index (χ2v) is 5.82. The zero-order valence-electron chi connectivity index (χ0n) is 7.94. The third-order valence-corrected chi connectivity index (χ3v) is 2.25. The summed E-state index contributed by atoms with van der Waals surface area (Å²) in [5, 5.41) is 8.00. The smallest absolute Gasteiger partial charge is 0.307 e. The van der Waals surface area contributed by atoms with Gasteiger partial charge in [-0.25, -0.2) is 0 Å². The van der Waals surface area contributed by atoms with Crippen molar-refractivity contribution < 1.29 is 9.90 Å². The molecule has 1 rings (SSSR count). The fourth-order valence-electron chi connectivity index (χ4n) is 1.23. The third-order valence-electron chi connectivity index (χ3n) is 1.85. The Bertz CT molecular complexity index is 150. The number of alkyl halides is 3. The van der Waals surface area contributed by atoms with Crippen LogP contribution in [0.5, 0.6) is 0 Å². The van der Waals surface area contributed by atoms with Gasteiger partial charge in [0.05, 0.1) is 6.42 Å². The first-order valence-electron chi connectivity index (χ1n) is 4.70. The number of aliphatic carboxylic acids is 1. The maximum absolute atomic E-state index is 9.76. The first kappa shape index (κ1) is 14.3. The van der Waals surface area contributed by atoms with Crippen LogP contribution in [-0.4, -0.2) is 14.9 Å². The largest absolute Gasteiger partial charge is 0.481 e. The van der Waals surface area contributed by atoms with Gasteiger partial charge in [-0.3, -0.25) is 4.79 Å². The number of carbonyl (C=O) groups is 1. The minimum atomic E-state index is -1.66. The van der Waals surface area contributed by atoms with Crippen LogP contribution < -0.4 is 0 Å². The molecule has 0 aromatic heterocycles. The Balaban J connectivity index is 0.000000249. The molecule has 0 aliphatic heterocycles. The van der Waals surface area contributed by atoms with E-state index in [2.05, 4.69) is 0 Å². The number of halogens is 3. The first-order valence-corrected chi connectivity index (χ1v) is 5.84. The zero-order chi connectivity index (χ0) is 11.0. The van der Waals surface area contributed by atoms with Crippen molar-refractivity contribution in [1.82, 2.24) is 0 Å². The molecule has 0 radical (unpaired) electrons. The van der Waals surface area contributed by atoms with E-state index >= 15 is 0 Å². The molecule has 0 aromatic rings. The van der Waals surface area contributed by atoms with E-state index in [0.717, 1.165) is 0 Å². The minimum absolute atomic E-state index is 0.461. The predicted octanol–water partition coefficient (Wildman–Crippen LogP) is 4.17. The highest BCUT2D eigenvalue weighted by Gasteiger charge is 2.23. The van der Waals surface area contributed by atoms with Crippen LogP contribution in [0, 0.1) is 0 Å². The second-order valence-electron chi connectivity index (χ2n) is 3.31. The molecule has 1 aliphatic rings. The van der Waals surface area contributed by atoms with E-state index in [0.29, 0.717) is 0 Å². The van der Waals surface area contributed by atoms with Gasteiger partial charge in [-0.05, 0) is 0 Å². The lowest BCUT2D eigenvalue weighted by Crippen LogP contribution is -2.09. The summed E-state index contributed by atoms with van der Waals surface area (Å²) in [4.78, 5) is 9.76. The summed E-state index contributed by atoms with van der Waals surface area (Å²) in [7, 11) is 0. The molecular weight excluding hydrogens is 246 g/mol. The lowest BCUT2D eigenvalue weighted by atomic mass is 10.0. The molecule has 5 heteroatoms. The Labute approximate surface area is 99.5 Å². The minimum Gasteiger partial charge on any atom is -0.481 e. The number of carboxylic acid groups (broad SMARTS) is 1. The first-order chi connectivity index (χ1) is 6.42. The third kappa shape index (κ3) is 12.3. The van der Waals surface area contributed by atoms with Crippen LogP contribution in [0.2, 0.25) is 0 Å². The Morgan fingerprint density at radius 3 is 1.36 bits per heavy atom. The number of hydrogen-bond donors (Lipinski definition) is 1. The normalized spacial score (nSPS) is 16.8. The molecule has 14 heavy (non-hydrogen) atoms. The Morgan fingerprint density at radius 1 is 1.00 bits per heavy atom. The average molecular weight is 262 g/mol. The average Bonchev–Trinajstić information content (AvgIpc) is 2.03. The van der Waals surface area contributed by atoms with Gasteiger partial charge >= 0.3 is 5.97 Å². The van der Waals surface area contributed by atoms with Gasteiger partial charge in [0, 0.05) is 0 Å². The summed E-state index contributed by atoms with van der Waals surface area (Å²) in [6.07, 6.45) is 8.54. The fraction of sp³-hybridized carbons (Fsp3) is 0.889. The van der Waals surface area contributed by atoms with Crippen molar-refractivity contribution in [3.05, 3.63) is 0 Å². The van der Waals surface area contributed by atoms with Crippen molar-refractivity contribution in [1.29, 1.82) is 0 Å². The monoisotopic (exact) mass is 260 g/mol. The fourth-order valence-corrected chi connectivity index (χ4v) is 1.58. The van der Waals surface area contributed by atoms with E-state index in [9.17, 15) is 4.79 Å². The maximum Gasteiger partial charge on any atom is 0.307 e. The highest BCUT2D eigenvalue weighted by molar-refractivity contribution is 6.68. The van der Waals surface area contributed by atoms with Crippen LogP contribution in [0.3, 0.4) is 0 Å². The molecule has 0 saturated heterocycles. The highest BCUT2D eigenvalue weighted by Crippen LogP contribution is 2.29. The molecule has 84 valence electrons. The number of carboxylic acids is 1. The van der Waals surface area contributed by atoms with Gasteiger partial charge in [0.2, 0.25) is 3.79 Å². The van der Waals surface area contributed by atoms with Crippen LogP contribution in [0.1, 0.15) is 44.9 Å². The Kier molecular flexibility index (Phi) is 7.79. The van der Waals surface area contributed by atoms with E-state index in [4.69, 9.17) is 39.9 Å². The lowest BCUT2D eigenvalue weighted by Gasteiger charge is -2.05. The lowest BCUT2D eigenvalue weighted by molar-refractivity contribution is -0.136. The molecule has 1 fully saturated rings. The molecule has 0 spiro atoms. The van der Waals surface area contributed by atoms with Crippen LogP contribution in [-0.2, 0) is 4.79 Å². The van der Waals surface area contributed by atoms with E-state index in [1.165, 1.54) is 38.5 Å². The maximum atomic E-state index is 9.76. The van der Waals surface area contributed by atoms with E-state index < -0.39 is 16.2 Å². The van der Waals surface area contributed by atoms with Crippen molar-refractivity contribution in [2.75, 3.05) is 0 Å². The molecule has 0 amide bonds. The molecule has 0 aromatic carbocycles. The Hall–Kier alpha value is 0.340. The quantitative estimate of drug-likeness (QED) is 0.719. The summed E-state index contributed by atoms with van der Waals surface area (Å²) in [5.41, 5.74) is 0. The topological polar surface area (TPSA) is 37.3 Å². The van der Waals surface area contributed by atoms with Gasteiger partial charge in [-0.15, -0.1) is 0 Å². The molecule has 0 unspecified atom stereocenters. The summed E-state index contributed by atoms with van der Waals surface area (Å²) >= 11 is 15.2.